The maximum absolute atomic E-state index is 10.7. The highest BCUT2D eigenvalue weighted by Crippen LogP contribution is 2.26. The Hall–Kier alpha value is -1.20. The van der Waals surface area contributed by atoms with Crippen molar-refractivity contribution in [1.82, 2.24) is 0 Å². The Morgan fingerprint density at radius 3 is 2.81 bits per heavy atom. The van der Waals surface area contributed by atoms with E-state index in [2.05, 4.69) is 15.9 Å². The van der Waals surface area contributed by atoms with E-state index < -0.39 is 4.92 Å². The van der Waals surface area contributed by atoms with E-state index in [1.54, 1.807) is 6.07 Å². The summed E-state index contributed by atoms with van der Waals surface area (Å²) in [6.07, 6.45) is 2.74. The molecule has 0 fully saturated rings. The highest BCUT2D eigenvalue weighted by Gasteiger charge is 2.11. The van der Waals surface area contributed by atoms with Gasteiger partial charge in [0.25, 0.3) is 5.69 Å². The van der Waals surface area contributed by atoms with Crippen LogP contribution in [0.25, 0.3) is 6.08 Å². The first-order valence-corrected chi connectivity index (χ1v) is 5.71. The summed E-state index contributed by atoms with van der Waals surface area (Å²) in [5.74, 6) is 0. The number of nitrogens with two attached hydrogens (primary N) is 1. The molecule has 0 aliphatic carbocycles. The molecule has 16 heavy (non-hydrogen) atoms. The summed E-state index contributed by atoms with van der Waals surface area (Å²) in [6.45, 7) is 2.48. The zero-order valence-corrected chi connectivity index (χ0v) is 10.5. The third kappa shape index (κ3) is 3.15. The van der Waals surface area contributed by atoms with Gasteiger partial charge in [0.15, 0.2) is 0 Å². The van der Waals surface area contributed by atoms with E-state index in [1.807, 2.05) is 19.1 Å². The van der Waals surface area contributed by atoms with Crippen molar-refractivity contribution in [3.05, 3.63) is 43.9 Å². The Morgan fingerprint density at radius 2 is 2.31 bits per heavy atom. The Morgan fingerprint density at radius 1 is 1.62 bits per heavy atom. The first-order chi connectivity index (χ1) is 7.58. The minimum absolute atomic E-state index is 0.0706. The SMILES string of the molecule is CCC(=Cc1ccc(Br)c([N+](=O)[O-])c1)CN. The third-order valence-corrected chi connectivity index (χ3v) is 2.92. The molecule has 86 valence electrons. The van der Waals surface area contributed by atoms with Gasteiger partial charge in [-0.15, -0.1) is 0 Å². The predicted molar refractivity (Wildman–Crippen MR) is 68.1 cm³/mol. The van der Waals surface area contributed by atoms with E-state index in [0.717, 1.165) is 17.6 Å². The van der Waals surface area contributed by atoms with Gasteiger partial charge >= 0.3 is 0 Å². The number of nitrogens with zero attached hydrogens (tertiary/aromatic N) is 1. The molecule has 0 spiro atoms. The van der Waals surface area contributed by atoms with Crippen LogP contribution in [-0.4, -0.2) is 11.5 Å². The summed E-state index contributed by atoms with van der Waals surface area (Å²) in [5, 5.41) is 10.7. The monoisotopic (exact) mass is 284 g/mol. The predicted octanol–water partition coefficient (Wildman–Crippen LogP) is 3.11. The van der Waals surface area contributed by atoms with Gasteiger partial charge in [0.1, 0.15) is 0 Å². The summed E-state index contributed by atoms with van der Waals surface area (Å²) >= 11 is 3.14. The van der Waals surface area contributed by atoms with E-state index in [0.29, 0.717) is 11.0 Å². The van der Waals surface area contributed by atoms with Crippen LogP contribution in [0.1, 0.15) is 18.9 Å². The summed E-state index contributed by atoms with van der Waals surface area (Å²) < 4.78 is 0.487. The fraction of sp³-hybridized carbons (Fsp3) is 0.273. The molecule has 0 aliphatic rings. The average Bonchev–Trinajstić information content (AvgIpc) is 2.27. The van der Waals surface area contributed by atoms with Gasteiger partial charge in [-0.2, -0.15) is 0 Å². The van der Waals surface area contributed by atoms with Gasteiger partial charge in [-0.3, -0.25) is 10.1 Å². The first kappa shape index (κ1) is 12.9. The fourth-order valence-corrected chi connectivity index (χ4v) is 1.69. The second-order valence-electron chi connectivity index (χ2n) is 3.33. The first-order valence-electron chi connectivity index (χ1n) is 4.92. The van der Waals surface area contributed by atoms with Crippen LogP contribution < -0.4 is 5.73 Å². The van der Waals surface area contributed by atoms with Gasteiger partial charge in [-0.1, -0.05) is 24.6 Å². The zero-order valence-electron chi connectivity index (χ0n) is 8.94. The summed E-state index contributed by atoms with van der Waals surface area (Å²) in [4.78, 5) is 10.3. The van der Waals surface area contributed by atoms with Crippen molar-refractivity contribution in [2.24, 2.45) is 5.73 Å². The van der Waals surface area contributed by atoms with E-state index in [4.69, 9.17) is 5.73 Å². The number of rotatable bonds is 4. The number of benzene rings is 1. The molecule has 0 amide bonds. The molecule has 1 rings (SSSR count). The maximum atomic E-state index is 10.7. The number of hydrogen-bond donors (Lipinski definition) is 1. The molecule has 0 saturated heterocycles. The van der Waals surface area contributed by atoms with Crippen molar-refractivity contribution in [2.45, 2.75) is 13.3 Å². The standard InChI is InChI=1S/C11H13BrN2O2/c1-2-8(7-13)5-9-3-4-10(12)11(6-9)14(15)16/h3-6H,2,7,13H2,1H3. The van der Waals surface area contributed by atoms with Crippen LogP contribution >= 0.6 is 15.9 Å². The average molecular weight is 285 g/mol. The molecule has 1 aromatic carbocycles. The van der Waals surface area contributed by atoms with Crippen molar-refractivity contribution in [2.75, 3.05) is 6.54 Å². The van der Waals surface area contributed by atoms with Gasteiger partial charge in [-0.25, -0.2) is 0 Å². The molecular formula is C11H13BrN2O2. The minimum Gasteiger partial charge on any atom is -0.327 e. The van der Waals surface area contributed by atoms with Gasteiger partial charge in [0, 0.05) is 12.6 Å². The van der Waals surface area contributed by atoms with E-state index in [1.165, 1.54) is 6.07 Å². The fourth-order valence-electron chi connectivity index (χ4n) is 1.30. The molecule has 0 radical (unpaired) electrons. The lowest BCUT2D eigenvalue weighted by Gasteiger charge is -2.01. The topological polar surface area (TPSA) is 69.2 Å². The highest BCUT2D eigenvalue weighted by atomic mass is 79.9. The molecule has 4 nitrogen and oxygen atoms in total. The van der Waals surface area contributed by atoms with Crippen LogP contribution in [0.5, 0.6) is 0 Å². The molecule has 2 N–H and O–H groups in total. The minimum atomic E-state index is -0.407. The van der Waals surface area contributed by atoms with Crippen LogP contribution in [0.3, 0.4) is 0 Å². The van der Waals surface area contributed by atoms with Crippen LogP contribution in [0.2, 0.25) is 0 Å². The Labute approximate surface area is 102 Å². The largest absolute Gasteiger partial charge is 0.327 e. The van der Waals surface area contributed by atoms with Crippen molar-refractivity contribution >= 4 is 27.7 Å². The molecule has 0 aliphatic heterocycles. The normalized spacial score (nSPS) is 11.6. The summed E-state index contributed by atoms with van der Waals surface area (Å²) in [6, 6.07) is 5.03. The molecule has 0 saturated carbocycles. The van der Waals surface area contributed by atoms with Crippen LogP contribution in [0, 0.1) is 10.1 Å². The second-order valence-corrected chi connectivity index (χ2v) is 4.18. The summed E-state index contributed by atoms with van der Waals surface area (Å²) in [7, 11) is 0. The maximum Gasteiger partial charge on any atom is 0.284 e. The van der Waals surface area contributed by atoms with E-state index in [-0.39, 0.29) is 5.69 Å². The Balaban J connectivity index is 3.12. The van der Waals surface area contributed by atoms with Crippen molar-refractivity contribution in [1.29, 1.82) is 0 Å². The van der Waals surface area contributed by atoms with Crippen molar-refractivity contribution in [3.63, 3.8) is 0 Å². The molecule has 1 aromatic rings. The number of nitro benzene ring substituents is 1. The Kier molecular flexibility index (Phi) is 4.64. The molecular weight excluding hydrogens is 272 g/mol. The number of nitro groups is 1. The lowest BCUT2D eigenvalue weighted by atomic mass is 10.1. The quantitative estimate of drug-likeness (QED) is 0.682. The number of halogens is 1. The molecule has 0 bridgehead atoms. The van der Waals surface area contributed by atoms with Gasteiger partial charge in [-0.05, 0) is 34.0 Å². The van der Waals surface area contributed by atoms with Crippen molar-refractivity contribution < 1.29 is 4.92 Å². The third-order valence-electron chi connectivity index (χ3n) is 2.25. The number of hydrogen-bond acceptors (Lipinski definition) is 3. The van der Waals surface area contributed by atoms with Crippen LogP contribution in [0.15, 0.2) is 28.2 Å². The highest BCUT2D eigenvalue weighted by molar-refractivity contribution is 9.10. The lowest BCUT2D eigenvalue weighted by Crippen LogP contribution is -2.01. The smallest absolute Gasteiger partial charge is 0.284 e. The molecule has 0 aromatic heterocycles. The molecule has 0 heterocycles. The van der Waals surface area contributed by atoms with E-state index >= 15 is 0 Å². The van der Waals surface area contributed by atoms with E-state index in [9.17, 15) is 10.1 Å². The van der Waals surface area contributed by atoms with Crippen LogP contribution in [-0.2, 0) is 0 Å². The van der Waals surface area contributed by atoms with Crippen molar-refractivity contribution in [3.8, 4) is 0 Å². The molecule has 5 heteroatoms. The van der Waals surface area contributed by atoms with Gasteiger partial charge < -0.3 is 5.73 Å². The summed E-state index contributed by atoms with van der Waals surface area (Å²) in [5.41, 5.74) is 7.49. The lowest BCUT2D eigenvalue weighted by molar-refractivity contribution is -0.385. The van der Waals surface area contributed by atoms with Gasteiger partial charge in [0.05, 0.1) is 9.40 Å². The zero-order chi connectivity index (χ0) is 12.1. The molecule has 0 unspecified atom stereocenters. The second kappa shape index (κ2) is 5.77. The van der Waals surface area contributed by atoms with Crippen LogP contribution in [0.4, 0.5) is 5.69 Å². The Bertz CT molecular complexity index is 424. The van der Waals surface area contributed by atoms with Gasteiger partial charge in [0.2, 0.25) is 0 Å². The molecule has 0 atom stereocenters.